The number of hydrogen-bond donors (Lipinski definition) is 0. The highest BCUT2D eigenvalue weighted by Gasteiger charge is 2.40. The molecular weight excluding hydrogens is 156 g/mol. The van der Waals surface area contributed by atoms with E-state index in [1.54, 1.807) is 7.05 Å². The zero-order valence-electron chi connectivity index (χ0n) is 7.12. The lowest BCUT2D eigenvalue weighted by atomic mass is 9.92. The lowest BCUT2D eigenvalue weighted by Crippen LogP contribution is -2.44. The Hall–Kier alpha value is -1.06. The summed E-state index contributed by atoms with van der Waals surface area (Å²) in [5, 5.41) is 0. The molecule has 0 aromatic heterocycles. The maximum absolute atomic E-state index is 11.4. The van der Waals surface area contributed by atoms with Crippen LogP contribution in [0.2, 0.25) is 0 Å². The van der Waals surface area contributed by atoms with E-state index in [0.29, 0.717) is 0 Å². The van der Waals surface area contributed by atoms with Crippen molar-refractivity contribution in [2.45, 2.75) is 25.3 Å². The Morgan fingerprint density at radius 2 is 2.00 bits per heavy atom. The van der Waals surface area contributed by atoms with Crippen LogP contribution in [0.15, 0.2) is 0 Å². The van der Waals surface area contributed by atoms with E-state index in [2.05, 4.69) is 0 Å². The van der Waals surface area contributed by atoms with E-state index in [9.17, 15) is 9.59 Å². The first-order valence-corrected chi connectivity index (χ1v) is 4.27. The van der Waals surface area contributed by atoms with E-state index in [1.807, 2.05) is 0 Å². The van der Waals surface area contributed by atoms with Gasteiger partial charge in [0.25, 0.3) is 5.91 Å². The Kier molecular flexibility index (Phi) is 1.56. The van der Waals surface area contributed by atoms with Crippen LogP contribution in [0, 0.1) is 0 Å². The molecule has 0 atom stereocenters. The van der Waals surface area contributed by atoms with Crippen molar-refractivity contribution >= 4 is 11.9 Å². The number of nitrogens with zero attached hydrogens (tertiary/aromatic N) is 2. The smallest absolute Gasteiger partial charge is 0.318 e. The molecule has 0 bridgehead atoms. The molecule has 4 heteroatoms. The number of urea groups is 1. The summed E-state index contributed by atoms with van der Waals surface area (Å²) in [5.41, 5.74) is 0. The SMILES string of the molecule is CN1CC(=O)N(C2CCC2)C1=O. The summed E-state index contributed by atoms with van der Waals surface area (Å²) >= 11 is 0. The number of hydrogen-bond acceptors (Lipinski definition) is 2. The van der Waals surface area contributed by atoms with Crippen LogP contribution in [-0.4, -0.2) is 41.4 Å². The van der Waals surface area contributed by atoms with E-state index in [-0.39, 0.29) is 24.5 Å². The van der Waals surface area contributed by atoms with Crippen molar-refractivity contribution in [2.75, 3.05) is 13.6 Å². The highest BCUT2D eigenvalue weighted by atomic mass is 16.2. The van der Waals surface area contributed by atoms with Gasteiger partial charge < -0.3 is 4.90 Å². The third-order valence-electron chi connectivity index (χ3n) is 2.61. The summed E-state index contributed by atoms with van der Waals surface area (Å²) in [6.07, 6.45) is 3.13. The Balaban J connectivity index is 2.12. The highest BCUT2D eigenvalue weighted by molar-refractivity contribution is 6.02. The van der Waals surface area contributed by atoms with Crippen molar-refractivity contribution < 1.29 is 9.59 Å². The standard InChI is InChI=1S/C8H12N2O2/c1-9-5-7(11)10(8(9)12)6-3-2-4-6/h6H,2-5H2,1H3. The topological polar surface area (TPSA) is 40.6 Å². The summed E-state index contributed by atoms with van der Waals surface area (Å²) < 4.78 is 0. The van der Waals surface area contributed by atoms with Crippen LogP contribution in [0.3, 0.4) is 0 Å². The molecule has 3 amide bonds. The van der Waals surface area contributed by atoms with E-state index in [0.717, 1.165) is 19.3 Å². The minimum Gasteiger partial charge on any atom is -0.318 e. The summed E-state index contributed by atoms with van der Waals surface area (Å²) in [7, 11) is 1.67. The zero-order chi connectivity index (χ0) is 8.72. The van der Waals surface area contributed by atoms with Gasteiger partial charge >= 0.3 is 6.03 Å². The van der Waals surface area contributed by atoms with Crippen LogP contribution in [0.1, 0.15) is 19.3 Å². The molecule has 0 radical (unpaired) electrons. The Morgan fingerprint density at radius 1 is 1.33 bits per heavy atom. The van der Waals surface area contributed by atoms with Gasteiger partial charge in [-0.05, 0) is 19.3 Å². The van der Waals surface area contributed by atoms with Crippen LogP contribution in [0.5, 0.6) is 0 Å². The van der Waals surface area contributed by atoms with Gasteiger partial charge in [-0.1, -0.05) is 0 Å². The second kappa shape index (κ2) is 2.47. The van der Waals surface area contributed by atoms with Crippen LogP contribution in [0.25, 0.3) is 0 Å². The number of carbonyl (C=O) groups is 2. The van der Waals surface area contributed by atoms with E-state index in [1.165, 1.54) is 9.80 Å². The molecule has 4 nitrogen and oxygen atoms in total. The van der Waals surface area contributed by atoms with E-state index < -0.39 is 0 Å². The van der Waals surface area contributed by atoms with Gasteiger partial charge in [0, 0.05) is 13.1 Å². The first-order valence-electron chi connectivity index (χ1n) is 4.27. The van der Waals surface area contributed by atoms with Gasteiger partial charge in [0.15, 0.2) is 0 Å². The maximum atomic E-state index is 11.4. The van der Waals surface area contributed by atoms with Crippen molar-refractivity contribution in [3.63, 3.8) is 0 Å². The van der Waals surface area contributed by atoms with E-state index in [4.69, 9.17) is 0 Å². The molecule has 0 aromatic carbocycles. The van der Waals surface area contributed by atoms with Crippen LogP contribution in [0.4, 0.5) is 4.79 Å². The molecule has 1 saturated carbocycles. The molecular formula is C8H12N2O2. The third kappa shape index (κ3) is 0.906. The fourth-order valence-corrected chi connectivity index (χ4v) is 1.64. The lowest BCUT2D eigenvalue weighted by Gasteiger charge is -2.32. The normalized spacial score (nSPS) is 25.1. The Labute approximate surface area is 71.1 Å². The number of carbonyl (C=O) groups excluding carboxylic acids is 2. The first kappa shape index (κ1) is 7.58. The number of rotatable bonds is 1. The van der Waals surface area contributed by atoms with Gasteiger partial charge in [-0.15, -0.1) is 0 Å². The molecule has 0 N–H and O–H groups in total. The first-order chi connectivity index (χ1) is 5.70. The van der Waals surface area contributed by atoms with Crippen molar-refractivity contribution in [1.29, 1.82) is 0 Å². The predicted octanol–water partition coefficient (Wildman–Crippen LogP) is 0.433. The maximum Gasteiger partial charge on any atom is 0.327 e. The molecule has 2 rings (SSSR count). The monoisotopic (exact) mass is 168 g/mol. The largest absolute Gasteiger partial charge is 0.327 e. The third-order valence-corrected chi connectivity index (χ3v) is 2.61. The fraction of sp³-hybridized carbons (Fsp3) is 0.750. The van der Waals surface area contributed by atoms with Gasteiger partial charge in [-0.25, -0.2) is 4.79 Å². The molecule has 1 aliphatic carbocycles. The molecule has 2 fully saturated rings. The van der Waals surface area contributed by atoms with Crippen LogP contribution < -0.4 is 0 Å². The minimum atomic E-state index is -0.121. The number of imide groups is 1. The second-order valence-corrected chi connectivity index (χ2v) is 3.49. The fourth-order valence-electron chi connectivity index (χ4n) is 1.64. The average molecular weight is 168 g/mol. The number of likely N-dealkylation sites (N-methyl/N-ethyl adjacent to an activating group) is 1. The Bertz CT molecular complexity index is 235. The molecule has 0 unspecified atom stereocenters. The lowest BCUT2D eigenvalue weighted by molar-refractivity contribution is -0.127. The van der Waals surface area contributed by atoms with Crippen molar-refractivity contribution in [2.24, 2.45) is 0 Å². The quantitative estimate of drug-likeness (QED) is 0.533. The van der Waals surface area contributed by atoms with Crippen LogP contribution >= 0.6 is 0 Å². The van der Waals surface area contributed by atoms with Gasteiger partial charge in [0.2, 0.25) is 0 Å². The second-order valence-electron chi connectivity index (χ2n) is 3.49. The molecule has 0 aromatic rings. The summed E-state index contributed by atoms with van der Waals surface area (Å²) in [6.45, 7) is 0.259. The van der Waals surface area contributed by atoms with E-state index >= 15 is 0 Å². The molecule has 66 valence electrons. The predicted molar refractivity (Wildman–Crippen MR) is 42.5 cm³/mol. The molecule has 2 aliphatic rings. The summed E-state index contributed by atoms with van der Waals surface area (Å²) in [4.78, 5) is 25.6. The molecule has 1 aliphatic heterocycles. The van der Waals surface area contributed by atoms with Gasteiger partial charge in [-0.3, -0.25) is 9.69 Å². The van der Waals surface area contributed by atoms with Gasteiger partial charge in [0.05, 0.1) is 0 Å². The summed E-state index contributed by atoms with van der Waals surface area (Å²) in [6, 6.07) is 0.0830. The van der Waals surface area contributed by atoms with Crippen molar-refractivity contribution in [3.05, 3.63) is 0 Å². The Morgan fingerprint density at radius 3 is 2.33 bits per heavy atom. The summed E-state index contributed by atoms with van der Waals surface area (Å²) in [5.74, 6) is -0.0350. The van der Waals surface area contributed by atoms with Crippen molar-refractivity contribution in [1.82, 2.24) is 9.80 Å². The average Bonchev–Trinajstić information content (AvgIpc) is 2.13. The van der Waals surface area contributed by atoms with Gasteiger partial charge in [-0.2, -0.15) is 0 Å². The molecule has 1 heterocycles. The van der Waals surface area contributed by atoms with Crippen LogP contribution in [-0.2, 0) is 4.79 Å². The van der Waals surface area contributed by atoms with Crippen molar-refractivity contribution in [3.8, 4) is 0 Å². The highest BCUT2D eigenvalue weighted by Crippen LogP contribution is 2.27. The molecule has 0 spiro atoms. The molecule has 12 heavy (non-hydrogen) atoms. The minimum absolute atomic E-state index is 0.0350. The van der Waals surface area contributed by atoms with Gasteiger partial charge in [0.1, 0.15) is 6.54 Å². The molecule has 1 saturated heterocycles. The zero-order valence-corrected chi connectivity index (χ0v) is 7.12. The number of amides is 3.